The molecule has 2 aromatic rings. The predicted molar refractivity (Wildman–Crippen MR) is 88.1 cm³/mol. The zero-order chi connectivity index (χ0) is 16.1. The average molecular weight is 301 g/mol. The van der Waals surface area contributed by atoms with Crippen LogP contribution in [0.2, 0.25) is 0 Å². The van der Waals surface area contributed by atoms with E-state index in [1.54, 1.807) is 7.11 Å². The maximum atomic E-state index is 12.1. The van der Waals surface area contributed by atoms with Gasteiger partial charge in [0.25, 0.3) is 0 Å². The van der Waals surface area contributed by atoms with E-state index in [1.807, 2.05) is 50.2 Å². The number of nitrogens with one attached hydrogen (secondary N) is 1. The number of carbonyl (C=O) groups excluding carboxylic acids is 1. The molecule has 0 heterocycles. The smallest absolute Gasteiger partial charge is 0.224 e. The Bertz CT molecular complexity index is 652. The van der Waals surface area contributed by atoms with Gasteiger partial charge in [0.05, 0.1) is 19.6 Å². The van der Waals surface area contributed by atoms with Gasteiger partial charge in [0.15, 0.2) is 0 Å². The first-order chi connectivity index (χ1) is 10.5. The van der Waals surface area contributed by atoms with Crippen LogP contribution in [0.3, 0.4) is 0 Å². The summed E-state index contributed by atoms with van der Waals surface area (Å²) in [5.74, 6) is 0.813. The fourth-order valence-electron chi connectivity index (χ4n) is 2.29. The molecule has 2 rings (SSSR count). The number of hydrogen-bond acceptors (Lipinski definition) is 3. The summed E-state index contributed by atoms with van der Waals surface area (Å²) < 4.78 is 5.25. The second-order valence-electron chi connectivity index (χ2n) is 5.80. The lowest BCUT2D eigenvalue weighted by Crippen LogP contribution is -2.35. The van der Waals surface area contributed by atoms with Crippen LogP contribution in [0.1, 0.15) is 19.4 Å². The van der Waals surface area contributed by atoms with Crippen LogP contribution in [0.4, 0.5) is 0 Å². The molecule has 0 aliphatic carbocycles. The number of aliphatic hydroxyl groups is 1. The van der Waals surface area contributed by atoms with Crippen molar-refractivity contribution < 1.29 is 14.6 Å². The van der Waals surface area contributed by atoms with Crippen LogP contribution in [-0.4, -0.2) is 30.8 Å². The minimum absolute atomic E-state index is 0.0879. The molecule has 22 heavy (non-hydrogen) atoms. The monoisotopic (exact) mass is 301 g/mol. The summed E-state index contributed by atoms with van der Waals surface area (Å²) >= 11 is 0. The van der Waals surface area contributed by atoms with Crippen LogP contribution < -0.4 is 10.1 Å². The van der Waals surface area contributed by atoms with E-state index in [0.29, 0.717) is 0 Å². The third kappa shape index (κ3) is 3.98. The molecule has 0 saturated carbocycles. The number of benzene rings is 2. The van der Waals surface area contributed by atoms with Crippen LogP contribution in [-0.2, 0) is 11.2 Å². The zero-order valence-corrected chi connectivity index (χ0v) is 13.3. The summed E-state index contributed by atoms with van der Waals surface area (Å²) in [7, 11) is 1.63. The maximum absolute atomic E-state index is 12.1. The third-order valence-electron chi connectivity index (χ3n) is 3.81. The Kier molecular flexibility index (Phi) is 5.39. The second kappa shape index (κ2) is 7.27. The Morgan fingerprint density at radius 2 is 2.05 bits per heavy atom. The first kappa shape index (κ1) is 16.3. The summed E-state index contributed by atoms with van der Waals surface area (Å²) in [5, 5.41) is 14.6. The van der Waals surface area contributed by atoms with E-state index < -0.39 is 6.10 Å². The molecule has 0 aromatic heterocycles. The number of ether oxygens (including phenoxy) is 1. The van der Waals surface area contributed by atoms with Crippen molar-refractivity contribution >= 4 is 16.7 Å². The lowest BCUT2D eigenvalue weighted by atomic mass is 10.0. The summed E-state index contributed by atoms with van der Waals surface area (Å²) in [6.07, 6.45) is -0.230. The van der Waals surface area contributed by atoms with Gasteiger partial charge in [0, 0.05) is 6.54 Å². The maximum Gasteiger partial charge on any atom is 0.224 e. The molecule has 0 aliphatic heterocycles. The number of hydrogen-bond donors (Lipinski definition) is 2. The number of aliphatic hydroxyl groups excluding tert-OH is 1. The molecule has 2 aromatic carbocycles. The Morgan fingerprint density at radius 1 is 1.27 bits per heavy atom. The zero-order valence-electron chi connectivity index (χ0n) is 13.3. The Hall–Kier alpha value is -2.07. The summed E-state index contributed by atoms with van der Waals surface area (Å²) in [4.78, 5) is 12.1. The van der Waals surface area contributed by atoms with Crippen molar-refractivity contribution in [2.45, 2.75) is 26.4 Å². The third-order valence-corrected chi connectivity index (χ3v) is 3.81. The van der Waals surface area contributed by atoms with Crippen molar-refractivity contribution in [1.82, 2.24) is 5.32 Å². The summed E-state index contributed by atoms with van der Waals surface area (Å²) in [6.45, 7) is 4.13. The second-order valence-corrected chi connectivity index (χ2v) is 5.80. The highest BCUT2D eigenvalue weighted by molar-refractivity contribution is 5.91. The molecule has 0 saturated heterocycles. The normalized spacial score (nSPS) is 12.4. The van der Waals surface area contributed by atoms with Crippen LogP contribution in [0.5, 0.6) is 5.75 Å². The molecule has 0 aliphatic rings. The van der Waals surface area contributed by atoms with Gasteiger partial charge < -0.3 is 15.2 Å². The number of carbonyl (C=O) groups is 1. The quantitative estimate of drug-likeness (QED) is 0.862. The van der Waals surface area contributed by atoms with E-state index in [9.17, 15) is 9.90 Å². The van der Waals surface area contributed by atoms with Gasteiger partial charge in [-0.3, -0.25) is 4.79 Å². The predicted octanol–water partition coefficient (Wildman–Crippen LogP) is 2.52. The number of rotatable bonds is 6. The Labute approximate surface area is 131 Å². The lowest BCUT2D eigenvalue weighted by Gasteiger charge is -2.15. The summed E-state index contributed by atoms with van der Waals surface area (Å²) in [6, 6.07) is 11.7. The fourth-order valence-corrected chi connectivity index (χ4v) is 2.29. The van der Waals surface area contributed by atoms with E-state index >= 15 is 0 Å². The van der Waals surface area contributed by atoms with Gasteiger partial charge >= 0.3 is 0 Å². The van der Waals surface area contributed by atoms with Gasteiger partial charge in [-0.25, -0.2) is 0 Å². The molecular formula is C18H23NO3. The van der Waals surface area contributed by atoms with Gasteiger partial charge in [-0.05, 0) is 34.4 Å². The molecule has 4 heteroatoms. The molecule has 118 valence electrons. The molecule has 0 spiro atoms. The average Bonchev–Trinajstić information content (AvgIpc) is 2.52. The van der Waals surface area contributed by atoms with Gasteiger partial charge in [-0.2, -0.15) is 0 Å². The van der Waals surface area contributed by atoms with Crippen LogP contribution in [0.15, 0.2) is 36.4 Å². The van der Waals surface area contributed by atoms with Gasteiger partial charge in [0.2, 0.25) is 5.91 Å². The first-order valence-electron chi connectivity index (χ1n) is 7.51. The van der Waals surface area contributed by atoms with Crippen molar-refractivity contribution in [2.24, 2.45) is 5.92 Å². The van der Waals surface area contributed by atoms with Crippen LogP contribution >= 0.6 is 0 Å². The Morgan fingerprint density at radius 3 is 2.73 bits per heavy atom. The standard InChI is InChI=1S/C18H23NO3/c1-12(2)17(20)11-19-18(21)9-14-6-4-5-13-7-8-15(22-3)10-16(13)14/h4-8,10,12,17,20H,9,11H2,1-3H3,(H,19,21). The van der Waals surface area contributed by atoms with E-state index in [4.69, 9.17) is 4.74 Å². The minimum atomic E-state index is -0.517. The van der Waals surface area contributed by atoms with Gasteiger partial charge in [0.1, 0.15) is 5.75 Å². The highest BCUT2D eigenvalue weighted by atomic mass is 16.5. The fraction of sp³-hybridized carbons (Fsp3) is 0.389. The number of amides is 1. The Balaban J connectivity index is 2.12. The first-order valence-corrected chi connectivity index (χ1v) is 7.51. The van der Waals surface area contributed by atoms with Crippen molar-refractivity contribution in [2.75, 3.05) is 13.7 Å². The van der Waals surface area contributed by atoms with Crippen molar-refractivity contribution in [3.63, 3.8) is 0 Å². The molecule has 1 amide bonds. The molecule has 1 unspecified atom stereocenters. The molecule has 1 atom stereocenters. The number of fused-ring (bicyclic) bond motifs is 1. The van der Waals surface area contributed by atoms with Crippen LogP contribution in [0, 0.1) is 5.92 Å². The van der Waals surface area contributed by atoms with Crippen molar-refractivity contribution in [1.29, 1.82) is 0 Å². The SMILES string of the molecule is COc1ccc2cccc(CC(=O)NCC(O)C(C)C)c2c1. The van der Waals surface area contributed by atoms with Crippen LogP contribution in [0.25, 0.3) is 10.8 Å². The molecule has 0 radical (unpaired) electrons. The van der Waals surface area contributed by atoms with E-state index in [1.165, 1.54) is 0 Å². The largest absolute Gasteiger partial charge is 0.497 e. The molecular weight excluding hydrogens is 278 g/mol. The van der Waals surface area contributed by atoms with E-state index in [-0.39, 0.29) is 24.8 Å². The topological polar surface area (TPSA) is 58.6 Å². The minimum Gasteiger partial charge on any atom is -0.497 e. The van der Waals surface area contributed by atoms with Crippen molar-refractivity contribution in [3.05, 3.63) is 42.0 Å². The van der Waals surface area contributed by atoms with Crippen molar-refractivity contribution in [3.8, 4) is 5.75 Å². The van der Waals surface area contributed by atoms with E-state index in [0.717, 1.165) is 22.1 Å². The molecule has 0 bridgehead atoms. The molecule has 2 N–H and O–H groups in total. The lowest BCUT2D eigenvalue weighted by molar-refractivity contribution is -0.121. The van der Waals surface area contributed by atoms with Gasteiger partial charge in [-0.15, -0.1) is 0 Å². The molecule has 4 nitrogen and oxygen atoms in total. The summed E-state index contributed by atoms with van der Waals surface area (Å²) in [5.41, 5.74) is 0.952. The number of methoxy groups -OCH3 is 1. The van der Waals surface area contributed by atoms with Gasteiger partial charge in [-0.1, -0.05) is 38.1 Å². The highest BCUT2D eigenvalue weighted by Gasteiger charge is 2.12. The highest BCUT2D eigenvalue weighted by Crippen LogP contribution is 2.24. The van der Waals surface area contributed by atoms with E-state index in [2.05, 4.69) is 5.32 Å². The molecule has 0 fully saturated rings.